The van der Waals surface area contributed by atoms with Gasteiger partial charge < -0.3 is 5.32 Å². The fourth-order valence-corrected chi connectivity index (χ4v) is 3.08. The number of nitrogens with one attached hydrogen (secondary N) is 1. The summed E-state index contributed by atoms with van der Waals surface area (Å²) in [4.78, 5) is 17.2. The minimum atomic E-state index is -0.487. The van der Waals surface area contributed by atoms with E-state index in [0.29, 0.717) is 16.5 Å². The minimum Gasteiger partial charge on any atom is -0.319 e. The van der Waals surface area contributed by atoms with E-state index < -0.39 is 5.91 Å². The molecule has 0 bridgehead atoms. The molecule has 1 aromatic heterocycles. The summed E-state index contributed by atoms with van der Waals surface area (Å²) in [6.45, 7) is 4.04. The van der Waals surface area contributed by atoms with Crippen LogP contribution < -0.4 is 5.32 Å². The Morgan fingerprint density at radius 1 is 0.967 bits per heavy atom. The Bertz CT molecular complexity index is 1220. The van der Waals surface area contributed by atoms with E-state index >= 15 is 0 Å². The van der Waals surface area contributed by atoms with Crippen LogP contribution in [0.15, 0.2) is 66.7 Å². The van der Waals surface area contributed by atoms with E-state index in [2.05, 4.69) is 15.4 Å². The number of hydrogen-bond donors (Lipinski definition) is 1. The van der Waals surface area contributed by atoms with Gasteiger partial charge in [0.1, 0.15) is 5.82 Å². The maximum atomic E-state index is 13.1. The number of carbonyl (C=O) groups is 1. The first-order valence-corrected chi connectivity index (χ1v) is 9.66. The van der Waals surface area contributed by atoms with Crippen molar-refractivity contribution >= 4 is 23.2 Å². The molecule has 0 radical (unpaired) electrons. The zero-order chi connectivity index (χ0) is 21.3. The summed E-state index contributed by atoms with van der Waals surface area (Å²) in [6, 6.07) is 18.6. The topological polar surface area (TPSA) is 59.8 Å². The third kappa shape index (κ3) is 4.09. The fraction of sp³-hybridized carbons (Fsp3) is 0.0870. The maximum Gasteiger partial charge on any atom is 0.295 e. The lowest BCUT2D eigenvalue weighted by atomic mass is 10.1. The van der Waals surface area contributed by atoms with Crippen LogP contribution in [-0.4, -0.2) is 20.7 Å². The van der Waals surface area contributed by atoms with Gasteiger partial charge in [0.25, 0.3) is 5.91 Å². The zero-order valence-electron chi connectivity index (χ0n) is 16.4. The average Bonchev–Trinajstić information content (AvgIpc) is 3.18. The number of amides is 1. The molecule has 0 aliphatic carbocycles. The van der Waals surface area contributed by atoms with E-state index in [4.69, 9.17) is 11.6 Å². The second-order valence-electron chi connectivity index (χ2n) is 6.91. The van der Waals surface area contributed by atoms with Crippen molar-refractivity contribution in [1.82, 2.24) is 14.8 Å². The van der Waals surface area contributed by atoms with Gasteiger partial charge in [-0.2, -0.15) is 0 Å². The van der Waals surface area contributed by atoms with Gasteiger partial charge in [-0.05, 0) is 85.6 Å². The average molecular weight is 421 g/mol. The second kappa shape index (κ2) is 8.08. The molecule has 0 saturated carbocycles. The quantitative estimate of drug-likeness (QED) is 0.467. The predicted molar refractivity (Wildman–Crippen MR) is 116 cm³/mol. The van der Waals surface area contributed by atoms with Crippen molar-refractivity contribution in [2.24, 2.45) is 0 Å². The molecule has 1 heterocycles. The molecule has 0 fully saturated rings. The lowest BCUT2D eigenvalue weighted by Crippen LogP contribution is -2.14. The molecule has 7 heteroatoms. The molecule has 0 spiro atoms. The number of aromatic nitrogens is 3. The molecular formula is C23H18ClFN4O. The van der Waals surface area contributed by atoms with Gasteiger partial charge >= 0.3 is 0 Å². The number of benzene rings is 3. The van der Waals surface area contributed by atoms with Crippen LogP contribution in [0.3, 0.4) is 0 Å². The maximum absolute atomic E-state index is 13.1. The van der Waals surface area contributed by atoms with Gasteiger partial charge in [0, 0.05) is 16.3 Å². The summed E-state index contributed by atoms with van der Waals surface area (Å²) >= 11 is 6.02. The smallest absolute Gasteiger partial charge is 0.295 e. The number of hydrogen-bond acceptors (Lipinski definition) is 3. The Labute approximate surface area is 178 Å². The van der Waals surface area contributed by atoms with Gasteiger partial charge in [-0.1, -0.05) is 17.7 Å². The summed E-state index contributed by atoms with van der Waals surface area (Å²) < 4.78 is 14.8. The van der Waals surface area contributed by atoms with Gasteiger partial charge in [-0.3, -0.25) is 4.79 Å². The van der Waals surface area contributed by atoms with Crippen LogP contribution in [0.5, 0.6) is 0 Å². The lowest BCUT2D eigenvalue weighted by Gasteiger charge is -2.08. The van der Waals surface area contributed by atoms with Gasteiger partial charge in [0.15, 0.2) is 5.82 Å². The minimum absolute atomic E-state index is 0.00232. The molecule has 1 amide bonds. The summed E-state index contributed by atoms with van der Waals surface area (Å²) in [5.74, 6) is -0.351. The highest BCUT2D eigenvalue weighted by molar-refractivity contribution is 6.30. The van der Waals surface area contributed by atoms with Crippen molar-refractivity contribution in [2.45, 2.75) is 13.8 Å². The van der Waals surface area contributed by atoms with Crippen molar-refractivity contribution in [2.75, 3.05) is 5.32 Å². The van der Waals surface area contributed by atoms with E-state index in [1.807, 2.05) is 44.2 Å². The molecule has 150 valence electrons. The summed E-state index contributed by atoms with van der Waals surface area (Å²) in [5, 5.41) is 7.75. The van der Waals surface area contributed by atoms with E-state index in [0.717, 1.165) is 22.4 Å². The predicted octanol–water partition coefficient (Wildman–Crippen LogP) is 5.60. The van der Waals surface area contributed by atoms with Crippen LogP contribution in [0, 0.1) is 19.7 Å². The first-order valence-electron chi connectivity index (χ1n) is 9.28. The molecule has 30 heavy (non-hydrogen) atoms. The van der Waals surface area contributed by atoms with Crippen molar-refractivity contribution in [3.63, 3.8) is 0 Å². The Morgan fingerprint density at radius 3 is 2.33 bits per heavy atom. The van der Waals surface area contributed by atoms with E-state index in [9.17, 15) is 9.18 Å². The van der Waals surface area contributed by atoms with E-state index in [1.165, 1.54) is 24.3 Å². The van der Waals surface area contributed by atoms with Gasteiger partial charge in [-0.25, -0.2) is 14.1 Å². The first kappa shape index (κ1) is 19.8. The van der Waals surface area contributed by atoms with Gasteiger partial charge in [-0.15, -0.1) is 5.10 Å². The van der Waals surface area contributed by atoms with Crippen LogP contribution >= 0.6 is 11.6 Å². The largest absolute Gasteiger partial charge is 0.319 e. The van der Waals surface area contributed by atoms with Crippen molar-refractivity contribution in [3.05, 3.63) is 94.5 Å². The lowest BCUT2D eigenvalue weighted by molar-refractivity contribution is 0.101. The Kier molecular flexibility index (Phi) is 5.33. The SMILES string of the molecule is Cc1ccc(-n2nc(C(=O)Nc3ccc(F)cc3)nc2-c2ccc(Cl)cc2)cc1C. The van der Waals surface area contributed by atoms with Gasteiger partial charge in [0.05, 0.1) is 5.69 Å². The number of anilines is 1. The molecule has 1 N–H and O–H groups in total. The van der Waals surface area contributed by atoms with E-state index in [1.54, 1.807) is 16.8 Å². The molecule has 5 nitrogen and oxygen atoms in total. The highest BCUT2D eigenvalue weighted by Crippen LogP contribution is 2.24. The molecule has 0 unspecified atom stereocenters. The number of carbonyl (C=O) groups excluding carboxylic acids is 1. The Balaban J connectivity index is 1.76. The highest BCUT2D eigenvalue weighted by atomic mass is 35.5. The summed E-state index contributed by atoms with van der Waals surface area (Å²) in [5.41, 5.74) is 4.27. The normalized spacial score (nSPS) is 10.8. The van der Waals surface area contributed by atoms with Crippen molar-refractivity contribution in [1.29, 1.82) is 0 Å². The van der Waals surface area contributed by atoms with E-state index in [-0.39, 0.29) is 11.6 Å². The molecule has 0 atom stereocenters. The fourth-order valence-electron chi connectivity index (χ4n) is 2.95. The third-order valence-corrected chi connectivity index (χ3v) is 5.00. The molecule has 3 aromatic carbocycles. The van der Waals surface area contributed by atoms with Gasteiger partial charge in [0.2, 0.25) is 5.82 Å². The van der Waals surface area contributed by atoms with Crippen molar-refractivity contribution < 1.29 is 9.18 Å². The Morgan fingerprint density at radius 2 is 1.67 bits per heavy atom. The second-order valence-corrected chi connectivity index (χ2v) is 7.34. The number of rotatable bonds is 4. The third-order valence-electron chi connectivity index (χ3n) is 4.75. The number of aryl methyl sites for hydroxylation is 2. The number of halogens is 2. The molecule has 0 aliphatic rings. The van der Waals surface area contributed by atoms with Crippen LogP contribution in [0.25, 0.3) is 17.1 Å². The molecule has 4 aromatic rings. The van der Waals surface area contributed by atoms with Crippen molar-refractivity contribution in [3.8, 4) is 17.1 Å². The van der Waals surface area contributed by atoms with Crippen LogP contribution in [0.2, 0.25) is 5.02 Å². The molecule has 0 saturated heterocycles. The zero-order valence-corrected chi connectivity index (χ0v) is 17.1. The number of nitrogens with zero attached hydrogens (tertiary/aromatic N) is 3. The van der Waals surface area contributed by atoms with Crippen LogP contribution in [0.4, 0.5) is 10.1 Å². The van der Waals surface area contributed by atoms with Crippen LogP contribution in [0.1, 0.15) is 21.7 Å². The summed E-state index contributed by atoms with van der Waals surface area (Å²) in [6.07, 6.45) is 0. The Hall–Kier alpha value is -3.51. The molecular weight excluding hydrogens is 403 g/mol. The van der Waals surface area contributed by atoms with Crippen LogP contribution in [-0.2, 0) is 0 Å². The summed E-state index contributed by atoms with van der Waals surface area (Å²) in [7, 11) is 0. The standard InChI is InChI=1S/C23H18ClFN4O/c1-14-3-12-20(13-15(14)2)29-22(16-4-6-17(24)7-5-16)27-21(28-29)23(30)26-19-10-8-18(25)9-11-19/h3-13H,1-2H3,(H,26,30). The first-order chi connectivity index (χ1) is 14.4. The molecule has 4 rings (SSSR count). The molecule has 0 aliphatic heterocycles. The monoisotopic (exact) mass is 420 g/mol. The highest BCUT2D eigenvalue weighted by Gasteiger charge is 2.19.